The zero-order valence-electron chi connectivity index (χ0n) is 23.3. The van der Waals surface area contributed by atoms with E-state index in [1.807, 2.05) is 48.5 Å². The third kappa shape index (κ3) is 7.17. The van der Waals surface area contributed by atoms with Gasteiger partial charge in [-0.25, -0.2) is 0 Å². The number of hydrogen-bond donors (Lipinski definition) is 0. The van der Waals surface area contributed by atoms with Gasteiger partial charge in [0.15, 0.2) is 23.0 Å². The second-order valence-corrected chi connectivity index (χ2v) is 9.10. The molecule has 0 spiro atoms. The molecule has 0 aliphatic heterocycles. The summed E-state index contributed by atoms with van der Waals surface area (Å²) in [7, 11) is 8.29. The van der Waals surface area contributed by atoms with Crippen LogP contribution in [0.4, 0.5) is 0 Å². The summed E-state index contributed by atoms with van der Waals surface area (Å²) >= 11 is 0. The highest BCUT2D eigenvalue weighted by atomic mass is 16.5. The molecule has 4 aromatic rings. The third-order valence-corrected chi connectivity index (χ3v) is 6.69. The highest BCUT2D eigenvalue weighted by Gasteiger charge is 2.16. The van der Waals surface area contributed by atoms with Crippen LogP contribution in [-0.2, 0) is 25.7 Å². The highest BCUT2D eigenvalue weighted by Crippen LogP contribution is 2.41. The molecule has 0 unspecified atom stereocenters. The van der Waals surface area contributed by atoms with Crippen LogP contribution in [0.5, 0.6) is 40.2 Å². The molecule has 4 aromatic carbocycles. The van der Waals surface area contributed by atoms with Gasteiger partial charge in [0, 0.05) is 6.07 Å². The predicted octanol–water partition coefficient (Wildman–Crippen LogP) is 7.09. The molecule has 204 valence electrons. The van der Waals surface area contributed by atoms with Crippen molar-refractivity contribution in [1.29, 1.82) is 0 Å². The second-order valence-electron chi connectivity index (χ2n) is 9.10. The summed E-state index contributed by atoms with van der Waals surface area (Å²) in [6, 6.07) is 26.1. The summed E-state index contributed by atoms with van der Waals surface area (Å²) in [5.74, 6) is 4.93. The quantitative estimate of drug-likeness (QED) is 0.185. The normalized spacial score (nSPS) is 10.6. The first-order chi connectivity index (χ1) is 19.1. The first-order valence-corrected chi connectivity index (χ1v) is 12.9. The summed E-state index contributed by atoms with van der Waals surface area (Å²) in [5.41, 5.74) is 4.59. The second kappa shape index (κ2) is 13.5. The minimum absolute atomic E-state index is 0.587. The Labute approximate surface area is 231 Å². The molecule has 39 heavy (non-hydrogen) atoms. The Kier molecular flexibility index (Phi) is 9.57. The van der Waals surface area contributed by atoms with E-state index in [1.54, 1.807) is 35.5 Å². The van der Waals surface area contributed by atoms with E-state index in [4.69, 9.17) is 28.4 Å². The largest absolute Gasteiger partial charge is 0.497 e. The monoisotopic (exact) mass is 528 g/mol. The maximum atomic E-state index is 6.43. The van der Waals surface area contributed by atoms with Crippen LogP contribution < -0.4 is 28.4 Å². The van der Waals surface area contributed by atoms with Crippen molar-refractivity contribution in [3.63, 3.8) is 0 Å². The minimum atomic E-state index is 0.587. The van der Waals surface area contributed by atoms with E-state index in [0.717, 1.165) is 54.1 Å². The Balaban J connectivity index is 1.56. The van der Waals surface area contributed by atoms with Gasteiger partial charge in [-0.05, 0) is 90.4 Å². The van der Waals surface area contributed by atoms with Crippen LogP contribution >= 0.6 is 0 Å². The molecule has 0 saturated heterocycles. The van der Waals surface area contributed by atoms with E-state index in [0.29, 0.717) is 23.0 Å². The maximum Gasteiger partial charge on any atom is 0.170 e. The SMILES string of the molecule is COc1ccc(CCc2cc(Oc3cc(CCc4cccc(OC)c4)ccc3OC)c(OC)cc2OC)cc1. The molecule has 4 rings (SSSR count). The smallest absolute Gasteiger partial charge is 0.170 e. The first-order valence-electron chi connectivity index (χ1n) is 12.9. The molecule has 0 aromatic heterocycles. The van der Waals surface area contributed by atoms with Gasteiger partial charge in [0.1, 0.15) is 17.2 Å². The lowest BCUT2D eigenvalue weighted by molar-refractivity contribution is 0.350. The Morgan fingerprint density at radius 1 is 0.410 bits per heavy atom. The van der Waals surface area contributed by atoms with E-state index < -0.39 is 0 Å². The topological polar surface area (TPSA) is 55.4 Å². The molecule has 0 bridgehead atoms. The lowest BCUT2D eigenvalue weighted by Gasteiger charge is -2.17. The Bertz CT molecular complexity index is 1360. The molecule has 6 heteroatoms. The van der Waals surface area contributed by atoms with Crippen LogP contribution in [0.2, 0.25) is 0 Å². The maximum absolute atomic E-state index is 6.43. The summed E-state index contributed by atoms with van der Waals surface area (Å²) in [4.78, 5) is 0. The number of ether oxygens (including phenoxy) is 6. The predicted molar refractivity (Wildman–Crippen MR) is 153 cm³/mol. The van der Waals surface area contributed by atoms with E-state index in [9.17, 15) is 0 Å². The Morgan fingerprint density at radius 2 is 1.03 bits per heavy atom. The van der Waals surface area contributed by atoms with Crippen molar-refractivity contribution >= 4 is 0 Å². The van der Waals surface area contributed by atoms with Crippen molar-refractivity contribution in [1.82, 2.24) is 0 Å². The van der Waals surface area contributed by atoms with Gasteiger partial charge < -0.3 is 28.4 Å². The van der Waals surface area contributed by atoms with Gasteiger partial charge in [-0.3, -0.25) is 0 Å². The van der Waals surface area contributed by atoms with Gasteiger partial charge in [0.2, 0.25) is 0 Å². The molecule has 0 N–H and O–H groups in total. The fourth-order valence-corrected chi connectivity index (χ4v) is 4.47. The van der Waals surface area contributed by atoms with Crippen molar-refractivity contribution in [3.05, 3.63) is 101 Å². The molecule has 0 atom stereocenters. The Hall–Kier alpha value is -4.32. The van der Waals surface area contributed by atoms with Gasteiger partial charge in [0.25, 0.3) is 0 Å². The molecule has 0 heterocycles. The number of methoxy groups -OCH3 is 5. The lowest BCUT2D eigenvalue weighted by Crippen LogP contribution is -2.00. The standard InChI is InChI=1S/C33H36O6/c1-34-27-16-12-23(13-17-27)11-15-26-21-33(31(38-5)22-30(26)37-4)39-32-20-25(14-18-29(32)36-3)10-9-24-7-6-8-28(19-24)35-2/h6-8,12-14,16-22H,9-11,15H2,1-5H3. The van der Waals surface area contributed by atoms with Crippen molar-refractivity contribution in [3.8, 4) is 40.2 Å². The average Bonchev–Trinajstić information content (AvgIpc) is 2.99. The zero-order valence-corrected chi connectivity index (χ0v) is 23.3. The van der Waals surface area contributed by atoms with Crippen molar-refractivity contribution < 1.29 is 28.4 Å². The van der Waals surface area contributed by atoms with Crippen molar-refractivity contribution in [2.75, 3.05) is 35.5 Å². The molecule has 0 fully saturated rings. The van der Waals surface area contributed by atoms with Crippen LogP contribution in [0.15, 0.2) is 78.9 Å². The van der Waals surface area contributed by atoms with Crippen LogP contribution in [-0.4, -0.2) is 35.5 Å². The zero-order chi connectivity index (χ0) is 27.6. The molecular weight excluding hydrogens is 492 g/mol. The van der Waals surface area contributed by atoms with Crippen LogP contribution in [0.3, 0.4) is 0 Å². The highest BCUT2D eigenvalue weighted by molar-refractivity contribution is 5.54. The number of rotatable bonds is 13. The third-order valence-electron chi connectivity index (χ3n) is 6.69. The molecular formula is C33H36O6. The summed E-state index contributed by atoms with van der Waals surface area (Å²) in [6.45, 7) is 0. The number of aryl methyl sites for hydroxylation is 4. The van der Waals surface area contributed by atoms with E-state index >= 15 is 0 Å². The van der Waals surface area contributed by atoms with Crippen LogP contribution in [0.25, 0.3) is 0 Å². The summed E-state index contributed by atoms with van der Waals surface area (Å²) in [5, 5.41) is 0. The summed E-state index contributed by atoms with van der Waals surface area (Å²) in [6.07, 6.45) is 3.34. The first kappa shape index (κ1) is 27.7. The number of hydrogen-bond acceptors (Lipinski definition) is 6. The van der Waals surface area contributed by atoms with Gasteiger partial charge in [-0.15, -0.1) is 0 Å². The van der Waals surface area contributed by atoms with E-state index in [-0.39, 0.29) is 0 Å². The van der Waals surface area contributed by atoms with Gasteiger partial charge in [-0.1, -0.05) is 30.3 Å². The molecule has 6 nitrogen and oxygen atoms in total. The average molecular weight is 529 g/mol. The fourth-order valence-electron chi connectivity index (χ4n) is 4.47. The van der Waals surface area contributed by atoms with E-state index in [2.05, 4.69) is 30.3 Å². The van der Waals surface area contributed by atoms with E-state index in [1.165, 1.54) is 11.1 Å². The Morgan fingerprint density at radius 3 is 1.69 bits per heavy atom. The molecule has 0 aliphatic carbocycles. The fraction of sp³-hybridized carbons (Fsp3) is 0.273. The van der Waals surface area contributed by atoms with Crippen molar-refractivity contribution in [2.45, 2.75) is 25.7 Å². The van der Waals surface area contributed by atoms with Crippen molar-refractivity contribution in [2.24, 2.45) is 0 Å². The van der Waals surface area contributed by atoms with Gasteiger partial charge >= 0.3 is 0 Å². The van der Waals surface area contributed by atoms with Gasteiger partial charge in [0.05, 0.1) is 35.5 Å². The summed E-state index contributed by atoms with van der Waals surface area (Å²) < 4.78 is 34.0. The molecule has 0 amide bonds. The van der Waals surface area contributed by atoms with Crippen LogP contribution in [0.1, 0.15) is 22.3 Å². The number of benzene rings is 4. The van der Waals surface area contributed by atoms with Crippen LogP contribution in [0, 0.1) is 0 Å². The lowest BCUT2D eigenvalue weighted by atomic mass is 10.0. The molecule has 0 radical (unpaired) electrons. The molecule has 0 aliphatic rings. The molecule has 0 saturated carbocycles. The van der Waals surface area contributed by atoms with Gasteiger partial charge in [-0.2, -0.15) is 0 Å². The minimum Gasteiger partial charge on any atom is -0.497 e.